The third kappa shape index (κ3) is 5.28. The lowest BCUT2D eigenvalue weighted by atomic mass is 9.94. The van der Waals surface area contributed by atoms with Gasteiger partial charge in [-0.15, -0.1) is 11.3 Å². The number of hydrogen-bond acceptors (Lipinski definition) is 5. The van der Waals surface area contributed by atoms with Gasteiger partial charge in [-0.3, -0.25) is 14.5 Å². The highest BCUT2D eigenvalue weighted by Gasteiger charge is 2.30. The van der Waals surface area contributed by atoms with Crippen molar-refractivity contribution in [2.75, 3.05) is 45.9 Å². The van der Waals surface area contributed by atoms with Gasteiger partial charge in [0.15, 0.2) is 0 Å². The zero-order valence-electron chi connectivity index (χ0n) is 17.2. The lowest BCUT2D eigenvalue weighted by molar-refractivity contribution is -0.127. The number of morpholine rings is 1. The van der Waals surface area contributed by atoms with E-state index in [1.54, 1.807) is 0 Å². The summed E-state index contributed by atoms with van der Waals surface area (Å²) in [6.45, 7) is 5.32. The number of hydrogen-bond donors (Lipinski definition) is 1. The lowest BCUT2D eigenvalue weighted by Crippen LogP contribution is -2.46. The summed E-state index contributed by atoms with van der Waals surface area (Å²) in [6, 6.07) is 13.9. The SMILES string of the molecule is O=C(N[C@@H](CN1CCOCC1)c1ccccc1)C1CCN(C(=O)c2cccs2)CC1. The van der Waals surface area contributed by atoms with E-state index < -0.39 is 0 Å². The topological polar surface area (TPSA) is 61.9 Å². The smallest absolute Gasteiger partial charge is 0.263 e. The maximum absolute atomic E-state index is 13.1. The van der Waals surface area contributed by atoms with Gasteiger partial charge in [-0.1, -0.05) is 36.4 Å². The number of nitrogens with one attached hydrogen (secondary N) is 1. The molecule has 160 valence electrons. The second-order valence-electron chi connectivity index (χ2n) is 7.93. The molecule has 4 rings (SSSR count). The molecule has 30 heavy (non-hydrogen) atoms. The molecule has 0 unspecified atom stereocenters. The van der Waals surface area contributed by atoms with Gasteiger partial charge >= 0.3 is 0 Å². The van der Waals surface area contributed by atoms with E-state index in [4.69, 9.17) is 4.74 Å². The van der Waals surface area contributed by atoms with Crippen LogP contribution in [0.25, 0.3) is 0 Å². The maximum atomic E-state index is 13.1. The summed E-state index contributed by atoms with van der Waals surface area (Å²) in [5.74, 6) is 0.131. The number of carbonyl (C=O) groups is 2. The number of ether oxygens (including phenoxy) is 1. The Labute approximate surface area is 181 Å². The van der Waals surface area contributed by atoms with Gasteiger partial charge in [0.05, 0.1) is 24.1 Å². The summed E-state index contributed by atoms with van der Waals surface area (Å²) >= 11 is 1.47. The predicted octanol–water partition coefficient (Wildman–Crippen LogP) is 2.79. The standard InChI is InChI=1S/C23H29N3O3S/c27-22(19-8-10-26(11-9-19)23(28)21-7-4-16-30-21)24-20(18-5-2-1-3-6-18)17-25-12-14-29-15-13-25/h1-7,16,19-20H,8-15,17H2,(H,24,27)/t20-/m0/s1. The Morgan fingerprint density at radius 1 is 1.03 bits per heavy atom. The molecule has 1 aromatic carbocycles. The minimum absolute atomic E-state index is 0.0393. The maximum Gasteiger partial charge on any atom is 0.263 e. The van der Waals surface area contributed by atoms with Crippen LogP contribution < -0.4 is 5.32 Å². The molecule has 2 aromatic rings. The number of benzene rings is 1. The normalized spacial score (nSPS) is 19.4. The predicted molar refractivity (Wildman–Crippen MR) is 118 cm³/mol. The molecule has 0 radical (unpaired) electrons. The second kappa shape index (κ2) is 10.2. The number of nitrogens with zero attached hydrogens (tertiary/aromatic N) is 2. The van der Waals surface area contributed by atoms with E-state index in [1.165, 1.54) is 11.3 Å². The van der Waals surface area contributed by atoms with Crippen LogP contribution in [-0.2, 0) is 9.53 Å². The van der Waals surface area contributed by atoms with Crippen molar-refractivity contribution in [3.05, 3.63) is 58.3 Å². The van der Waals surface area contributed by atoms with Crippen LogP contribution >= 0.6 is 11.3 Å². The largest absolute Gasteiger partial charge is 0.379 e. The van der Waals surface area contributed by atoms with Gasteiger partial charge < -0.3 is 15.0 Å². The summed E-state index contributed by atoms with van der Waals surface area (Å²) in [7, 11) is 0. The molecule has 0 spiro atoms. The van der Waals surface area contributed by atoms with Gasteiger partial charge in [0.25, 0.3) is 5.91 Å². The molecular formula is C23H29N3O3S. The first-order valence-corrected chi connectivity index (χ1v) is 11.6. The van der Waals surface area contributed by atoms with E-state index >= 15 is 0 Å². The van der Waals surface area contributed by atoms with Crippen molar-refractivity contribution in [2.45, 2.75) is 18.9 Å². The number of carbonyl (C=O) groups excluding carboxylic acids is 2. The highest BCUT2D eigenvalue weighted by Crippen LogP contribution is 2.23. The third-order valence-electron chi connectivity index (χ3n) is 5.95. The highest BCUT2D eigenvalue weighted by atomic mass is 32.1. The zero-order chi connectivity index (χ0) is 20.8. The van der Waals surface area contributed by atoms with Crippen LogP contribution in [0.4, 0.5) is 0 Å². The quantitative estimate of drug-likeness (QED) is 0.770. The molecule has 3 heterocycles. The Kier molecular flexibility index (Phi) is 7.15. The lowest BCUT2D eigenvalue weighted by Gasteiger charge is -2.34. The van der Waals surface area contributed by atoms with Crippen molar-refractivity contribution in [1.82, 2.24) is 15.1 Å². The number of likely N-dealkylation sites (tertiary alicyclic amines) is 1. The van der Waals surface area contributed by atoms with Crippen LogP contribution in [0, 0.1) is 5.92 Å². The van der Waals surface area contributed by atoms with Gasteiger partial charge in [0, 0.05) is 38.6 Å². The fraction of sp³-hybridized carbons (Fsp3) is 0.478. The molecule has 2 aliphatic heterocycles. The van der Waals surface area contributed by atoms with Gasteiger partial charge in [-0.25, -0.2) is 0 Å². The van der Waals surface area contributed by atoms with E-state index in [0.717, 1.165) is 43.3 Å². The van der Waals surface area contributed by atoms with Gasteiger partial charge in [0.2, 0.25) is 5.91 Å². The van der Waals surface area contributed by atoms with Gasteiger partial charge in [-0.05, 0) is 29.9 Å². The molecule has 1 N–H and O–H groups in total. The molecule has 2 amide bonds. The zero-order valence-corrected chi connectivity index (χ0v) is 18.0. The first-order valence-electron chi connectivity index (χ1n) is 10.7. The summed E-state index contributed by atoms with van der Waals surface area (Å²) in [4.78, 5) is 30.6. The van der Waals surface area contributed by atoms with Crippen LogP contribution in [0.15, 0.2) is 47.8 Å². The van der Waals surface area contributed by atoms with Crippen molar-refractivity contribution >= 4 is 23.2 Å². The average Bonchev–Trinajstić information content (AvgIpc) is 3.34. The minimum Gasteiger partial charge on any atom is -0.379 e. The van der Waals surface area contributed by atoms with Gasteiger partial charge in [-0.2, -0.15) is 0 Å². The fourth-order valence-electron chi connectivity index (χ4n) is 4.15. The molecule has 0 saturated carbocycles. The second-order valence-corrected chi connectivity index (χ2v) is 8.88. The molecule has 6 nitrogen and oxygen atoms in total. The number of amides is 2. The summed E-state index contributed by atoms with van der Waals surface area (Å²) in [5.41, 5.74) is 1.13. The Hall–Kier alpha value is -2.22. The van der Waals surface area contributed by atoms with Crippen LogP contribution in [0.1, 0.15) is 34.1 Å². The molecular weight excluding hydrogens is 398 g/mol. The number of rotatable bonds is 6. The van der Waals surface area contributed by atoms with Crippen molar-refractivity contribution in [3.8, 4) is 0 Å². The molecule has 7 heteroatoms. The molecule has 0 bridgehead atoms. The van der Waals surface area contributed by atoms with Crippen LogP contribution in [0.2, 0.25) is 0 Å². The van der Waals surface area contributed by atoms with Crippen molar-refractivity contribution < 1.29 is 14.3 Å². The van der Waals surface area contributed by atoms with Crippen LogP contribution in [0.5, 0.6) is 0 Å². The summed E-state index contributed by atoms with van der Waals surface area (Å²) in [6.07, 6.45) is 1.42. The van der Waals surface area contributed by atoms with E-state index in [1.807, 2.05) is 40.6 Å². The monoisotopic (exact) mass is 427 g/mol. The molecule has 2 fully saturated rings. The van der Waals surface area contributed by atoms with Gasteiger partial charge in [0.1, 0.15) is 0 Å². The number of thiophene rings is 1. The highest BCUT2D eigenvalue weighted by molar-refractivity contribution is 7.12. The molecule has 1 aromatic heterocycles. The van der Waals surface area contributed by atoms with Crippen LogP contribution in [0.3, 0.4) is 0 Å². The number of piperidine rings is 1. The van der Waals surface area contributed by atoms with E-state index in [-0.39, 0.29) is 23.8 Å². The van der Waals surface area contributed by atoms with E-state index in [0.29, 0.717) is 25.9 Å². The molecule has 1 atom stereocenters. The van der Waals surface area contributed by atoms with Crippen molar-refractivity contribution in [2.24, 2.45) is 5.92 Å². The third-order valence-corrected chi connectivity index (χ3v) is 6.81. The minimum atomic E-state index is -0.0479. The Morgan fingerprint density at radius 3 is 2.43 bits per heavy atom. The molecule has 2 aliphatic rings. The van der Waals surface area contributed by atoms with E-state index in [2.05, 4.69) is 22.3 Å². The Bertz CT molecular complexity index is 813. The first kappa shape index (κ1) is 21.0. The Morgan fingerprint density at radius 2 is 1.77 bits per heavy atom. The van der Waals surface area contributed by atoms with Crippen LogP contribution in [-0.4, -0.2) is 67.6 Å². The van der Waals surface area contributed by atoms with E-state index in [9.17, 15) is 9.59 Å². The molecule has 2 saturated heterocycles. The Balaban J connectivity index is 1.35. The summed E-state index contributed by atoms with van der Waals surface area (Å²) < 4.78 is 5.46. The van der Waals surface area contributed by atoms with Crippen molar-refractivity contribution in [1.29, 1.82) is 0 Å². The average molecular weight is 428 g/mol. The summed E-state index contributed by atoms with van der Waals surface area (Å²) in [5, 5.41) is 5.22. The molecule has 0 aliphatic carbocycles. The fourth-order valence-corrected chi connectivity index (χ4v) is 4.84. The first-order chi connectivity index (χ1) is 14.7. The van der Waals surface area contributed by atoms with Crippen molar-refractivity contribution in [3.63, 3.8) is 0 Å².